The SMILES string of the molecule is COc1cccc(C2C3=C(COC3=O)Nc3cc4c(cc32)OCO4)c1. The molecular formula is C19H15NO5. The van der Waals surface area contributed by atoms with Crippen molar-refractivity contribution in [3.63, 3.8) is 0 Å². The predicted octanol–water partition coefficient (Wildman–Crippen LogP) is 2.79. The van der Waals surface area contributed by atoms with Crippen LogP contribution in [0.15, 0.2) is 47.7 Å². The fraction of sp³-hybridized carbons (Fsp3) is 0.211. The van der Waals surface area contributed by atoms with Crippen LogP contribution in [0.3, 0.4) is 0 Å². The van der Waals surface area contributed by atoms with Gasteiger partial charge in [0, 0.05) is 17.7 Å². The molecule has 25 heavy (non-hydrogen) atoms. The van der Waals surface area contributed by atoms with E-state index in [2.05, 4.69) is 5.32 Å². The van der Waals surface area contributed by atoms with Gasteiger partial charge < -0.3 is 24.3 Å². The molecule has 0 aromatic heterocycles. The summed E-state index contributed by atoms with van der Waals surface area (Å²) in [4.78, 5) is 12.4. The molecule has 0 saturated heterocycles. The monoisotopic (exact) mass is 337 g/mol. The summed E-state index contributed by atoms with van der Waals surface area (Å²) in [6.07, 6.45) is 0. The molecule has 3 heterocycles. The molecule has 1 N–H and O–H groups in total. The summed E-state index contributed by atoms with van der Waals surface area (Å²) in [6.45, 7) is 0.458. The molecule has 0 saturated carbocycles. The number of carbonyl (C=O) groups is 1. The van der Waals surface area contributed by atoms with Gasteiger partial charge >= 0.3 is 5.97 Å². The molecule has 1 unspecified atom stereocenters. The minimum Gasteiger partial charge on any atom is -0.497 e. The average molecular weight is 337 g/mol. The maximum atomic E-state index is 12.4. The Hall–Kier alpha value is -3.15. The van der Waals surface area contributed by atoms with Crippen molar-refractivity contribution in [2.45, 2.75) is 5.92 Å². The molecule has 0 bridgehead atoms. The van der Waals surface area contributed by atoms with Crippen LogP contribution in [-0.4, -0.2) is 26.5 Å². The van der Waals surface area contributed by atoms with Gasteiger partial charge in [-0.15, -0.1) is 0 Å². The zero-order valence-corrected chi connectivity index (χ0v) is 13.5. The molecule has 0 radical (unpaired) electrons. The van der Waals surface area contributed by atoms with Crippen molar-refractivity contribution in [2.75, 3.05) is 25.8 Å². The van der Waals surface area contributed by atoms with E-state index in [1.54, 1.807) is 7.11 Å². The Balaban J connectivity index is 1.72. The zero-order chi connectivity index (χ0) is 17.0. The van der Waals surface area contributed by atoms with Gasteiger partial charge in [0.2, 0.25) is 6.79 Å². The number of ether oxygens (including phenoxy) is 4. The molecule has 5 rings (SSSR count). The molecule has 6 heteroatoms. The maximum Gasteiger partial charge on any atom is 0.337 e. The Morgan fingerprint density at radius 3 is 2.80 bits per heavy atom. The van der Waals surface area contributed by atoms with Gasteiger partial charge in [0.15, 0.2) is 11.5 Å². The van der Waals surface area contributed by atoms with Crippen molar-refractivity contribution in [3.8, 4) is 17.2 Å². The summed E-state index contributed by atoms with van der Waals surface area (Å²) in [5.74, 6) is 1.59. The first-order valence-electron chi connectivity index (χ1n) is 7.99. The molecule has 2 aromatic carbocycles. The van der Waals surface area contributed by atoms with Gasteiger partial charge in [0.25, 0.3) is 0 Å². The number of carbonyl (C=O) groups excluding carboxylic acids is 1. The van der Waals surface area contributed by atoms with E-state index in [4.69, 9.17) is 18.9 Å². The summed E-state index contributed by atoms with van der Waals surface area (Å²) >= 11 is 0. The molecule has 6 nitrogen and oxygen atoms in total. The summed E-state index contributed by atoms with van der Waals surface area (Å²) in [6, 6.07) is 11.6. The van der Waals surface area contributed by atoms with Crippen molar-refractivity contribution in [1.29, 1.82) is 0 Å². The van der Waals surface area contributed by atoms with E-state index < -0.39 is 0 Å². The Kier molecular flexibility index (Phi) is 2.94. The highest BCUT2D eigenvalue weighted by atomic mass is 16.7. The van der Waals surface area contributed by atoms with Gasteiger partial charge in [-0.1, -0.05) is 12.1 Å². The lowest BCUT2D eigenvalue weighted by Crippen LogP contribution is -2.19. The van der Waals surface area contributed by atoms with E-state index in [1.807, 2.05) is 36.4 Å². The number of hydrogen-bond donors (Lipinski definition) is 1. The van der Waals surface area contributed by atoms with Crippen LogP contribution in [0.2, 0.25) is 0 Å². The first-order valence-corrected chi connectivity index (χ1v) is 7.99. The van der Waals surface area contributed by atoms with Crippen LogP contribution in [0.4, 0.5) is 5.69 Å². The molecule has 3 aliphatic heterocycles. The highest BCUT2D eigenvalue weighted by Crippen LogP contribution is 2.49. The highest BCUT2D eigenvalue weighted by molar-refractivity contribution is 5.97. The molecule has 1 atom stereocenters. The van der Waals surface area contributed by atoms with E-state index in [0.29, 0.717) is 17.1 Å². The van der Waals surface area contributed by atoms with Crippen molar-refractivity contribution < 1.29 is 23.7 Å². The fourth-order valence-corrected chi connectivity index (χ4v) is 3.60. The second kappa shape index (κ2) is 5.17. The third-order valence-corrected chi connectivity index (χ3v) is 4.75. The second-order valence-corrected chi connectivity index (χ2v) is 6.10. The smallest absolute Gasteiger partial charge is 0.337 e. The third kappa shape index (κ3) is 2.07. The largest absolute Gasteiger partial charge is 0.497 e. The van der Waals surface area contributed by atoms with Crippen LogP contribution in [0.5, 0.6) is 17.2 Å². The number of hydrogen-bond acceptors (Lipinski definition) is 6. The van der Waals surface area contributed by atoms with Gasteiger partial charge in [-0.2, -0.15) is 0 Å². The average Bonchev–Trinajstić information content (AvgIpc) is 3.24. The van der Waals surface area contributed by atoms with Gasteiger partial charge in [-0.25, -0.2) is 4.79 Å². The van der Waals surface area contributed by atoms with Gasteiger partial charge in [-0.05, 0) is 29.3 Å². The summed E-state index contributed by atoms with van der Waals surface area (Å²) in [5.41, 5.74) is 4.25. The summed E-state index contributed by atoms with van der Waals surface area (Å²) < 4.78 is 21.6. The lowest BCUT2D eigenvalue weighted by Gasteiger charge is -2.27. The number of nitrogens with one attached hydrogen (secondary N) is 1. The number of anilines is 1. The first-order chi connectivity index (χ1) is 12.2. The van der Waals surface area contributed by atoms with Crippen molar-refractivity contribution in [3.05, 3.63) is 58.8 Å². The van der Waals surface area contributed by atoms with Crippen LogP contribution in [0.25, 0.3) is 0 Å². The van der Waals surface area contributed by atoms with E-state index >= 15 is 0 Å². The molecule has 0 fully saturated rings. The Bertz CT molecular complexity index is 933. The molecule has 0 aliphatic carbocycles. The number of methoxy groups -OCH3 is 1. The first kappa shape index (κ1) is 14.2. The number of esters is 1. The second-order valence-electron chi connectivity index (χ2n) is 6.10. The van der Waals surface area contributed by atoms with Crippen LogP contribution in [-0.2, 0) is 9.53 Å². The summed E-state index contributed by atoms with van der Waals surface area (Å²) in [7, 11) is 1.63. The molecule has 126 valence electrons. The molecule has 0 spiro atoms. The van der Waals surface area contributed by atoms with Crippen molar-refractivity contribution in [2.24, 2.45) is 0 Å². The van der Waals surface area contributed by atoms with Crippen LogP contribution < -0.4 is 19.5 Å². The van der Waals surface area contributed by atoms with Gasteiger partial charge in [0.05, 0.1) is 18.4 Å². The Morgan fingerprint density at radius 1 is 1.12 bits per heavy atom. The number of fused-ring (bicyclic) bond motifs is 2. The normalized spacial score (nSPS) is 19.9. The van der Waals surface area contributed by atoms with Gasteiger partial charge in [-0.3, -0.25) is 0 Å². The van der Waals surface area contributed by atoms with E-state index in [0.717, 1.165) is 28.3 Å². The Labute approximate surface area is 144 Å². The maximum absolute atomic E-state index is 12.4. The standard InChI is InChI=1S/C19H15NO5/c1-22-11-4-2-3-10(5-11)17-12-6-15-16(25-9-24-15)7-13(12)20-14-8-23-19(21)18(14)17/h2-7,17,20H,8-9H2,1H3. The molecule has 3 aliphatic rings. The topological polar surface area (TPSA) is 66.0 Å². The fourth-order valence-electron chi connectivity index (χ4n) is 3.60. The predicted molar refractivity (Wildman–Crippen MR) is 89.0 cm³/mol. The quantitative estimate of drug-likeness (QED) is 0.850. The number of cyclic esters (lactones) is 1. The molecule has 2 aromatic rings. The Morgan fingerprint density at radius 2 is 1.96 bits per heavy atom. The summed E-state index contributed by atoms with van der Waals surface area (Å²) in [5, 5.41) is 3.31. The van der Waals surface area contributed by atoms with Crippen LogP contribution >= 0.6 is 0 Å². The lowest BCUT2D eigenvalue weighted by atomic mass is 9.81. The molecule has 0 amide bonds. The zero-order valence-electron chi connectivity index (χ0n) is 13.5. The van der Waals surface area contributed by atoms with E-state index in [9.17, 15) is 4.79 Å². The van der Waals surface area contributed by atoms with Gasteiger partial charge in [0.1, 0.15) is 12.4 Å². The highest BCUT2D eigenvalue weighted by Gasteiger charge is 2.39. The van der Waals surface area contributed by atoms with E-state index in [1.165, 1.54) is 0 Å². The third-order valence-electron chi connectivity index (χ3n) is 4.75. The minimum absolute atomic E-state index is 0.206. The lowest BCUT2D eigenvalue weighted by molar-refractivity contribution is -0.136. The van der Waals surface area contributed by atoms with Crippen LogP contribution in [0, 0.1) is 0 Å². The van der Waals surface area contributed by atoms with Crippen molar-refractivity contribution in [1.82, 2.24) is 0 Å². The molecular weight excluding hydrogens is 322 g/mol. The minimum atomic E-state index is -0.293. The van der Waals surface area contributed by atoms with E-state index in [-0.39, 0.29) is 25.3 Å². The number of benzene rings is 2. The van der Waals surface area contributed by atoms with Crippen LogP contribution in [0.1, 0.15) is 17.0 Å². The number of rotatable bonds is 2. The van der Waals surface area contributed by atoms with Crippen molar-refractivity contribution >= 4 is 11.7 Å².